The lowest BCUT2D eigenvalue weighted by atomic mass is 9.68. The molecule has 1 fully saturated rings. The van der Waals surface area contributed by atoms with Gasteiger partial charge >= 0.3 is 0 Å². The fraction of sp³-hybridized carbons (Fsp3) is 0.625. The summed E-state index contributed by atoms with van der Waals surface area (Å²) < 4.78 is 6.21. The monoisotopic (exact) mass is 266 g/mol. The summed E-state index contributed by atoms with van der Waals surface area (Å²) in [6.07, 6.45) is 1.16. The maximum absolute atomic E-state index is 6.25. The van der Waals surface area contributed by atoms with Gasteiger partial charge in [0.1, 0.15) is 11.9 Å². The molecule has 0 aromatic heterocycles. The number of hydrogen-bond acceptors (Lipinski definition) is 1. The number of rotatable bonds is 2. The molecule has 0 amide bonds. The van der Waals surface area contributed by atoms with Gasteiger partial charge in [-0.25, -0.2) is 0 Å². The normalized spacial score (nSPS) is 26.6. The molecule has 0 radical (unpaired) electrons. The molecule has 2 rings (SSSR count). The van der Waals surface area contributed by atoms with Gasteiger partial charge in [0.15, 0.2) is 0 Å². The van der Waals surface area contributed by atoms with Gasteiger partial charge in [-0.15, -0.1) is 11.6 Å². The second-order valence-electron chi connectivity index (χ2n) is 6.88. The van der Waals surface area contributed by atoms with Crippen LogP contribution in [0.3, 0.4) is 0 Å². The molecule has 0 heterocycles. The summed E-state index contributed by atoms with van der Waals surface area (Å²) in [4.78, 5) is 0. The van der Waals surface area contributed by atoms with E-state index in [1.54, 1.807) is 0 Å². The lowest BCUT2D eigenvalue weighted by Gasteiger charge is -2.48. The van der Waals surface area contributed by atoms with Crippen molar-refractivity contribution in [1.82, 2.24) is 0 Å². The van der Waals surface area contributed by atoms with E-state index in [0.29, 0.717) is 0 Å². The molecule has 0 N–H and O–H groups in total. The summed E-state index contributed by atoms with van der Waals surface area (Å²) in [7, 11) is 0. The molecular weight excluding hydrogens is 244 g/mol. The van der Waals surface area contributed by atoms with Crippen molar-refractivity contribution in [2.45, 2.75) is 57.9 Å². The molecule has 0 saturated heterocycles. The lowest BCUT2D eigenvalue weighted by molar-refractivity contribution is -0.0140. The summed E-state index contributed by atoms with van der Waals surface area (Å²) in [5, 5.41) is 0.226. The zero-order valence-corrected chi connectivity index (χ0v) is 12.7. The highest BCUT2D eigenvalue weighted by molar-refractivity contribution is 6.21. The van der Waals surface area contributed by atoms with Crippen molar-refractivity contribution >= 4 is 11.6 Å². The summed E-state index contributed by atoms with van der Waals surface area (Å²) in [6, 6.07) is 8.33. The van der Waals surface area contributed by atoms with Crippen molar-refractivity contribution in [3.05, 3.63) is 29.8 Å². The van der Waals surface area contributed by atoms with Crippen molar-refractivity contribution < 1.29 is 4.74 Å². The second kappa shape index (κ2) is 4.45. The van der Waals surface area contributed by atoms with Crippen LogP contribution in [0.5, 0.6) is 5.75 Å². The minimum atomic E-state index is 0.0621. The summed E-state index contributed by atoms with van der Waals surface area (Å²) in [5.74, 6) is 1.01. The van der Waals surface area contributed by atoms with Crippen LogP contribution >= 0.6 is 11.6 Å². The topological polar surface area (TPSA) is 9.23 Å². The van der Waals surface area contributed by atoms with Crippen LogP contribution in [0.1, 0.15) is 46.6 Å². The second-order valence-corrected chi connectivity index (χ2v) is 7.40. The van der Waals surface area contributed by atoms with Gasteiger partial charge in [0.25, 0.3) is 0 Å². The fourth-order valence-electron chi connectivity index (χ4n) is 2.38. The molecule has 100 valence electrons. The molecule has 1 aliphatic carbocycles. The Bertz CT molecular complexity index is 431. The Morgan fingerprint density at radius 1 is 1.22 bits per heavy atom. The number of alkyl halides is 1. The third kappa shape index (κ3) is 2.38. The number of benzene rings is 1. The number of ether oxygens (including phenoxy) is 1. The van der Waals surface area contributed by atoms with Crippen LogP contribution in [0.4, 0.5) is 0 Å². The number of para-hydroxylation sites is 1. The molecule has 1 saturated carbocycles. The van der Waals surface area contributed by atoms with E-state index in [1.807, 2.05) is 6.07 Å². The van der Waals surface area contributed by atoms with Crippen LogP contribution < -0.4 is 4.74 Å². The van der Waals surface area contributed by atoms with E-state index in [0.717, 1.165) is 12.2 Å². The van der Waals surface area contributed by atoms with Crippen molar-refractivity contribution in [1.29, 1.82) is 0 Å². The molecule has 0 aliphatic heterocycles. The largest absolute Gasteiger partial charge is 0.489 e. The quantitative estimate of drug-likeness (QED) is 0.701. The Balaban J connectivity index is 2.21. The van der Waals surface area contributed by atoms with Crippen LogP contribution in [-0.4, -0.2) is 11.5 Å². The van der Waals surface area contributed by atoms with E-state index in [2.05, 4.69) is 52.8 Å². The van der Waals surface area contributed by atoms with Crippen molar-refractivity contribution in [3.8, 4) is 5.75 Å². The first-order valence-corrected chi connectivity index (χ1v) is 7.07. The SMILES string of the molecule is CC(C)(C)c1ccccc1OC1CC(Cl)C1(C)C. The highest BCUT2D eigenvalue weighted by atomic mass is 35.5. The standard InChI is InChI=1S/C16H23ClO/c1-15(2,3)11-8-6-7-9-12(11)18-14-10-13(17)16(14,4)5/h6-9,13-14H,10H2,1-5H3. The zero-order chi connectivity index (χ0) is 13.6. The van der Waals surface area contributed by atoms with E-state index in [-0.39, 0.29) is 22.3 Å². The minimum Gasteiger partial charge on any atom is -0.489 e. The number of hydrogen-bond donors (Lipinski definition) is 0. The maximum Gasteiger partial charge on any atom is 0.123 e. The van der Waals surface area contributed by atoms with Gasteiger partial charge in [-0.2, -0.15) is 0 Å². The van der Waals surface area contributed by atoms with E-state index in [9.17, 15) is 0 Å². The smallest absolute Gasteiger partial charge is 0.123 e. The zero-order valence-electron chi connectivity index (χ0n) is 12.0. The average Bonchev–Trinajstić information content (AvgIpc) is 2.28. The summed E-state index contributed by atoms with van der Waals surface area (Å²) in [5.41, 5.74) is 1.43. The van der Waals surface area contributed by atoms with Crippen LogP contribution in [0.15, 0.2) is 24.3 Å². The highest BCUT2D eigenvalue weighted by Crippen LogP contribution is 2.47. The van der Waals surface area contributed by atoms with Crippen molar-refractivity contribution in [2.75, 3.05) is 0 Å². The minimum absolute atomic E-state index is 0.0621. The first kappa shape index (κ1) is 13.7. The Hall–Kier alpha value is -0.690. The van der Waals surface area contributed by atoms with Gasteiger partial charge in [-0.3, -0.25) is 0 Å². The van der Waals surface area contributed by atoms with E-state index in [4.69, 9.17) is 16.3 Å². The number of halogens is 1. The Kier molecular flexibility index (Phi) is 3.40. The predicted octanol–water partition coefficient (Wildman–Crippen LogP) is 4.77. The molecule has 0 spiro atoms. The van der Waals surface area contributed by atoms with Crippen LogP contribution in [-0.2, 0) is 5.41 Å². The van der Waals surface area contributed by atoms with Gasteiger partial charge in [0.2, 0.25) is 0 Å². The van der Waals surface area contributed by atoms with E-state index in [1.165, 1.54) is 5.56 Å². The van der Waals surface area contributed by atoms with E-state index >= 15 is 0 Å². The average molecular weight is 267 g/mol. The third-order valence-corrected chi connectivity index (χ3v) is 4.76. The Morgan fingerprint density at radius 3 is 2.33 bits per heavy atom. The van der Waals surface area contributed by atoms with Gasteiger partial charge < -0.3 is 4.74 Å². The Labute approximate surface area is 115 Å². The first-order valence-electron chi connectivity index (χ1n) is 6.63. The molecule has 1 aromatic rings. The molecule has 0 bridgehead atoms. The summed E-state index contributed by atoms with van der Waals surface area (Å²) in [6.45, 7) is 11.0. The van der Waals surface area contributed by atoms with Crippen molar-refractivity contribution in [3.63, 3.8) is 0 Å². The highest BCUT2D eigenvalue weighted by Gasteiger charge is 2.49. The van der Waals surface area contributed by atoms with Crippen LogP contribution in [0.25, 0.3) is 0 Å². The maximum atomic E-state index is 6.25. The molecule has 2 heteroatoms. The van der Waals surface area contributed by atoms with Crippen molar-refractivity contribution in [2.24, 2.45) is 5.41 Å². The summed E-state index contributed by atoms with van der Waals surface area (Å²) >= 11 is 6.25. The fourth-order valence-corrected chi connectivity index (χ4v) is 2.68. The lowest BCUT2D eigenvalue weighted by Crippen LogP contribution is -2.53. The Morgan fingerprint density at radius 2 is 1.83 bits per heavy atom. The van der Waals surface area contributed by atoms with Gasteiger partial charge in [-0.05, 0) is 17.0 Å². The van der Waals surface area contributed by atoms with Gasteiger partial charge in [-0.1, -0.05) is 52.8 Å². The molecule has 2 unspecified atom stereocenters. The van der Waals surface area contributed by atoms with Crippen LogP contribution in [0.2, 0.25) is 0 Å². The molecule has 1 aromatic carbocycles. The molecule has 1 aliphatic rings. The van der Waals surface area contributed by atoms with Gasteiger partial charge in [0.05, 0.1) is 0 Å². The third-order valence-electron chi connectivity index (χ3n) is 4.02. The molecule has 2 atom stereocenters. The molecule has 1 nitrogen and oxygen atoms in total. The van der Waals surface area contributed by atoms with E-state index < -0.39 is 0 Å². The molecular formula is C16H23ClO. The first-order chi connectivity index (χ1) is 8.23. The van der Waals surface area contributed by atoms with Gasteiger partial charge in [0, 0.05) is 17.2 Å². The molecule has 18 heavy (non-hydrogen) atoms. The predicted molar refractivity (Wildman–Crippen MR) is 77.6 cm³/mol. The van der Waals surface area contributed by atoms with Crippen LogP contribution in [0, 0.1) is 5.41 Å².